The van der Waals surface area contributed by atoms with Gasteiger partial charge in [-0.1, -0.05) is 19.9 Å². The van der Waals surface area contributed by atoms with Crippen LogP contribution in [-0.2, 0) is 22.8 Å². The van der Waals surface area contributed by atoms with Crippen molar-refractivity contribution < 1.29 is 33.0 Å². The van der Waals surface area contributed by atoms with Crippen molar-refractivity contribution in [3.63, 3.8) is 0 Å². The number of rotatable bonds is 16. The smallest absolute Gasteiger partial charge is 0.394 e. The fourth-order valence-electron chi connectivity index (χ4n) is 3.76. The van der Waals surface area contributed by atoms with Gasteiger partial charge < -0.3 is 33.0 Å². The third-order valence-electron chi connectivity index (χ3n) is 4.84. The first kappa shape index (κ1) is 24.7. The minimum atomic E-state index is -3.38. The topological polar surface area (TPSA) is 89.9 Å². The SMILES string of the molecule is C=CCC(C1CO1)C(OCC(O)CO)(C(C)C)[Si](OCC)(OCC)OCC. The molecule has 0 saturated carbocycles. The largest absolute Gasteiger partial charge is 0.535 e. The van der Waals surface area contributed by atoms with Crippen LogP contribution in [0, 0.1) is 11.8 Å². The highest BCUT2D eigenvalue weighted by atomic mass is 28.4. The van der Waals surface area contributed by atoms with Crippen LogP contribution in [0.4, 0.5) is 0 Å². The van der Waals surface area contributed by atoms with Gasteiger partial charge in [-0.05, 0) is 33.1 Å². The highest BCUT2D eigenvalue weighted by Gasteiger charge is 2.69. The average molecular weight is 407 g/mol. The quantitative estimate of drug-likeness (QED) is 0.230. The van der Waals surface area contributed by atoms with Gasteiger partial charge in [-0.15, -0.1) is 6.58 Å². The molecule has 2 N–H and O–H groups in total. The van der Waals surface area contributed by atoms with Crippen LogP contribution >= 0.6 is 0 Å². The normalized spacial score (nSPS) is 21.7. The van der Waals surface area contributed by atoms with Gasteiger partial charge >= 0.3 is 8.80 Å². The molecule has 8 heteroatoms. The van der Waals surface area contributed by atoms with E-state index in [1.165, 1.54) is 0 Å². The molecular formula is C19H38O7Si. The van der Waals surface area contributed by atoms with Crippen molar-refractivity contribution in [3.8, 4) is 0 Å². The van der Waals surface area contributed by atoms with Crippen molar-refractivity contribution >= 4 is 8.80 Å². The molecule has 1 heterocycles. The molecule has 0 aromatic carbocycles. The summed E-state index contributed by atoms with van der Waals surface area (Å²) in [5.41, 5.74) is 0. The van der Waals surface area contributed by atoms with Crippen LogP contribution in [0.5, 0.6) is 0 Å². The van der Waals surface area contributed by atoms with Crippen LogP contribution in [0.1, 0.15) is 41.0 Å². The second kappa shape index (κ2) is 11.6. The highest BCUT2D eigenvalue weighted by molar-refractivity contribution is 6.64. The Balaban J connectivity index is 3.53. The number of epoxide rings is 1. The van der Waals surface area contributed by atoms with Gasteiger partial charge in [0, 0.05) is 25.7 Å². The van der Waals surface area contributed by atoms with Crippen LogP contribution in [0.3, 0.4) is 0 Å². The zero-order valence-corrected chi connectivity index (χ0v) is 18.5. The van der Waals surface area contributed by atoms with Crippen molar-refractivity contribution in [2.75, 3.05) is 39.6 Å². The van der Waals surface area contributed by atoms with Crippen molar-refractivity contribution in [2.24, 2.45) is 11.8 Å². The van der Waals surface area contributed by atoms with Crippen molar-refractivity contribution in [3.05, 3.63) is 12.7 Å². The molecule has 4 unspecified atom stereocenters. The van der Waals surface area contributed by atoms with E-state index in [0.29, 0.717) is 32.8 Å². The molecule has 0 amide bonds. The summed E-state index contributed by atoms with van der Waals surface area (Å²) in [6, 6.07) is 0. The van der Waals surface area contributed by atoms with Crippen molar-refractivity contribution in [1.82, 2.24) is 0 Å². The molecule has 0 radical (unpaired) electrons. The predicted molar refractivity (Wildman–Crippen MR) is 105 cm³/mol. The van der Waals surface area contributed by atoms with Crippen LogP contribution in [0.2, 0.25) is 0 Å². The maximum Gasteiger partial charge on any atom is 0.535 e. The summed E-state index contributed by atoms with van der Waals surface area (Å²) in [6.45, 7) is 15.2. The predicted octanol–water partition coefficient (Wildman–Crippen LogP) is 1.93. The number of hydrogen-bond acceptors (Lipinski definition) is 7. The Hall–Kier alpha value is -0.323. The third kappa shape index (κ3) is 5.60. The lowest BCUT2D eigenvalue weighted by molar-refractivity contribution is -0.148. The van der Waals surface area contributed by atoms with Crippen LogP contribution in [-0.4, -0.2) is 76.1 Å². The first-order chi connectivity index (χ1) is 12.9. The lowest BCUT2D eigenvalue weighted by Gasteiger charge is -2.51. The van der Waals surface area contributed by atoms with E-state index in [9.17, 15) is 10.2 Å². The second-order valence-electron chi connectivity index (χ2n) is 6.95. The van der Waals surface area contributed by atoms with Gasteiger partial charge in [0.25, 0.3) is 0 Å². The van der Waals surface area contributed by atoms with Crippen LogP contribution in [0.15, 0.2) is 12.7 Å². The standard InChI is InChI=1S/C19H38O7Si/c1-7-11-17(18-14-22-18)19(15(5)6,23-13-16(21)12-20)27(24-8-2,25-9-3)26-10-4/h7,15-18,20-21H,1,8-14H2,2-6H3. The monoisotopic (exact) mass is 406 g/mol. The first-order valence-corrected chi connectivity index (χ1v) is 11.7. The number of hydrogen-bond donors (Lipinski definition) is 2. The average Bonchev–Trinajstić information content (AvgIpc) is 3.46. The molecule has 160 valence electrons. The Morgan fingerprint density at radius 1 is 1.19 bits per heavy atom. The van der Waals surface area contributed by atoms with E-state index in [1.807, 2.05) is 40.7 Å². The highest BCUT2D eigenvalue weighted by Crippen LogP contribution is 2.47. The summed E-state index contributed by atoms with van der Waals surface area (Å²) < 4.78 is 30.8. The van der Waals surface area contributed by atoms with E-state index in [2.05, 4.69) is 6.58 Å². The number of aliphatic hydroxyl groups is 2. The second-order valence-corrected chi connectivity index (χ2v) is 9.71. The summed E-state index contributed by atoms with van der Waals surface area (Å²) in [6.07, 6.45) is 1.48. The lowest BCUT2D eigenvalue weighted by atomic mass is 9.86. The molecule has 0 spiro atoms. The molecule has 27 heavy (non-hydrogen) atoms. The molecule has 0 aromatic rings. The zero-order chi connectivity index (χ0) is 20.5. The van der Waals surface area contributed by atoms with Gasteiger partial charge in [-0.2, -0.15) is 0 Å². The lowest BCUT2D eigenvalue weighted by Crippen LogP contribution is -2.73. The van der Waals surface area contributed by atoms with Gasteiger partial charge in [-0.3, -0.25) is 0 Å². The van der Waals surface area contributed by atoms with Gasteiger partial charge in [0.15, 0.2) is 0 Å². The van der Waals surface area contributed by atoms with Crippen LogP contribution < -0.4 is 0 Å². The molecule has 1 saturated heterocycles. The Labute approximate surface area is 165 Å². The van der Waals surface area contributed by atoms with Crippen LogP contribution in [0.25, 0.3) is 0 Å². The molecule has 0 aliphatic carbocycles. The minimum Gasteiger partial charge on any atom is -0.394 e. The first-order valence-electron chi connectivity index (χ1n) is 9.96. The fraction of sp³-hybridized carbons (Fsp3) is 0.895. The Kier molecular flexibility index (Phi) is 10.6. The van der Waals surface area contributed by atoms with Gasteiger partial charge in [0.2, 0.25) is 0 Å². The maximum absolute atomic E-state index is 9.99. The van der Waals surface area contributed by atoms with E-state index < -0.39 is 20.1 Å². The van der Waals surface area contributed by atoms with Gasteiger partial charge in [0.1, 0.15) is 11.3 Å². The molecule has 4 atom stereocenters. The van der Waals surface area contributed by atoms with E-state index in [1.54, 1.807) is 0 Å². The summed E-state index contributed by atoms with van der Waals surface area (Å²) in [4.78, 5) is 0. The Morgan fingerprint density at radius 3 is 2.04 bits per heavy atom. The molecule has 1 fully saturated rings. The molecule has 0 bridgehead atoms. The summed E-state index contributed by atoms with van der Waals surface area (Å²) in [7, 11) is -3.38. The number of aliphatic hydroxyl groups excluding tert-OH is 2. The zero-order valence-electron chi connectivity index (χ0n) is 17.5. The summed E-state index contributed by atoms with van der Waals surface area (Å²) in [5, 5.41) is 18.3. The Morgan fingerprint density at radius 2 is 1.70 bits per heavy atom. The minimum absolute atomic E-state index is 0.00934. The van der Waals surface area contributed by atoms with Gasteiger partial charge in [-0.25, -0.2) is 0 Å². The summed E-state index contributed by atoms with van der Waals surface area (Å²) >= 11 is 0. The van der Waals surface area contributed by atoms with Crippen molar-refractivity contribution in [1.29, 1.82) is 0 Å². The molecule has 1 aliphatic rings. The molecule has 0 aromatic heterocycles. The molecule has 1 rings (SSSR count). The van der Waals surface area contributed by atoms with E-state index in [0.717, 1.165) is 0 Å². The van der Waals surface area contributed by atoms with Gasteiger partial charge in [0.05, 0.1) is 25.9 Å². The number of ether oxygens (including phenoxy) is 2. The van der Waals surface area contributed by atoms with E-state index >= 15 is 0 Å². The maximum atomic E-state index is 9.99. The fourth-order valence-corrected chi connectivity index (χ4v) is 7.55. The summed E-state index contributed by atoms with van der Waals surface area (Å²) in [5.74, 6) is -0.147. The van der Waals surface area contributed by atoms with Crippen molar-refractivity contribution in [2.45, 2.75) is 58.5 Å². The third-order valence-corrected chi connectivity index (χ3v) is 8.90. The van der Waals surface area contributed by atoms with E-state index in [-0.39, 0.29) is 31.2 Å². The molecule has 1 aliphatic heterocycles. The molecular weight excluding hydrogens is 368 g/mol. The Bertz CT molecular complexity index is 413. The molecule has 7 nitrogen and oxygen atoms in total. The van der Waals surface area contributed by atoms with E-state index in [4.69, 9.17) is 22.8 Å². The number of allylic oxidation sites excluding steroid dienone is 1.